The summed E-state index contributed by atoms with van der Waals surface area (Å²) in [5.41, 5.74) is -0.650. The van der Waals surface area contributed by atoms with Crippen LogP contribution in [0.1, 0.15) is 13.8 Å². The fourth-order valence-electron chi connectivity index (χ4n) is 2.31. The highest BCUT2D eigenvalue weighted by Gasteiger charge is 2.39. The van der Waals surface area contributed by atoms with Gasteiger partial charge in [0.15, 0.2) is 0 Å². The van der Waals surface area contributed by atoms with Crippen LogP contribution in [-0.4, -0.2) is 49.2 Å². The number of benzene rings is 1. The maximum atomic E-state index is 12.7. The average Bonchev–Trinajstić information content (AvgIpc) is 2.39. The number of ether oxygens (including phenoxy) is 1. The van der Waals surface area contributed by atoms with E-state index < -0.39 is 21.7 Å². The Kier molecular flexibility index (Phi) is 5.02. The first-order valence-corrected chi connectivity index (χ1v) is 9.01. The lowest BCUT2D eigenvalue weighted by Crippen LogP contribution is -2.55. The molecule has 1 atom stereocenters. The molecule has 1 aliphatic rings. The van der Waals surface area contributed by atoms with Crippen LogP contribution in [0.4, 0.5) is 0 Å². The van der Waals surface area contributed by atoms with E-state index in [0.717, 1.165) is 0 Å². The molecular formula is C13H17BrClNO4S. The summed E-state index contributed by atoms with van der Waals surface area (Å²) in [5.74, 6) is 0. The smallest absolute Gasteiger partial charge is 0.243 e. The third-order valence-electron chi connectivity index (χ3n) is 3.18. The van der Waals surface area contributed by atoms with Gasteiger partial charge in [0.2, 0.25) is 10.0 Å². The van der Waals surface area contributed by atoms with Crippen LogP contribution in [0.2, 0.25) is 5.02 Å². The predicted molar refractivity (Wildman–Crippen MR) is 83.9 cm³/mol. The zero-order chi connectivity index (χ0) is 15.8. The van der Waals surface area contributed by atoms with E-state index in [1.54, 1.807) is 13.8 Å². The third-order valence-corrected chi connectivity index (χ3v) is 6.20. The Hall–Kier alpha value is -0.180. The second-order valence-corrected chi connectivity index (χ2v) is 8.76. The molecule has 0 aromatic heterocycles. The first-order chi connectivity index (χ1) is 9.65. The number of nitrogens with zero attached hydrogens (tertiary/aromatic N) is 1. The molecule has 1 unspecified atom stereocenters. The van der Waals surface area contributed by atoms with Crippen LogP contribution in [0.25, 0.3) is 0 Å². The number of rotatable bonds is 3. The zero-order valence-electron chi connectivity index (χ0n) is 11.7. The summed E-state index contributed by atoms with van der Waals surface area (Å²) < 4.78 is 33.0. The van der Waals surface area contributed by atoms with E-state index >= 15 is 0 Å². The molecule has 0 aliphatic carbocycles. The number of hydrogen-bond acceptors (Lipinski definition) is 4. The highest BCUT2D eigenvalue weighted by molar-refractivity contribution is 9.10. The van der Waals surface area contributed by atoms with Crippen LogP contribution in [0, 0.1) is 0 Å². The van der Waals surface area contributed by atoms with Gasteiger partial charge in [-0.25, -0.2) is 8.42 Å². The van der Waals surface area contributed by atoms with Gasteiger partial charge in [-0.2, -0.15) is 4.31 Å². The Balaban J connectivity index is 2.36. The van der Waals surface area contributed by atoms with Gasteiger partial charge < -0.3 is 9.84 Å². The summed E-state index contributed by atoms with van der Waals surface area (Å²) in [6.07, 6.45) is -0.528. The van der Waals surface area contributed by atoms with Gasteiger partial charge in [-0.05, 0) is 48.0 Å². The van der Waals surface area contributed by atoms with Gasteiger partial charge in [-0.1, -0.05) is 11.6 Å². The topological polar surface area (TPSA) is 66.8 Å². The number of sulfonamides is 1. The van der Waals surface area contributed by atoms with E-state index in [2.05, 4.69) is 15.9 Å². The zero-order valence-corrected chi connectivity index (χ0v) is 14.9. The van der Waals surface area contributed by atoms with E-state index in [-0.39, 0.29) is 24.6 Å². The summed E-state index contributed by atoms with van der Waals surface area (Å²) in [5, 5.41) is 9.73. The number of halogens is 2. The van der Waals surface area contributed by atoms with Gasteiger partial charge in [0.1, 0.15) is 0 Å². The number of aliphatic hydroxyl groups excluding tert-OH is 1. The molecule has 1 aromatic rings. The summed E-state index contributed by atoms with van der Waals surface area (Å²) in [6.45, 7) is 3.73. The Morgan fingerprint density at radius 2 is 2.19 bits per heavy atom. The molecule has 118 valence electrons. The van der Waals surface area contributed by atoms with Crippen LogP contribution < -0.4 is 0 Å². The molecule has 21 heavy (non-hydrogen) atoms. The minimum atomic E-state index is -3.66. The van der Waals surface area contributed by atoms with Crippen molar-refractivity contribution in [1.29, 1.82) is 0 Å². The second kappa shape index (κ2) is 6.14. The quantitative estimate of drug-likeness (QED) is 0.848. The third kappa shape index (κ3) is 3.78. The molecule has 8 heteroatoms. The standard InChI is InChI=1S/C13H17BrClNO4S/c1-13(2)8-16(6-9(7-17)20-13)21(18,19)10-3-4-12(15)11(14)5-10/h3-5,9,17H,6-8H2,1-2H3. The van der Waals surface area contributed by atoms with Crippen molar-refractivity contribution in [3.63, 3.8) is 0 Å². The lowest BCUT2D eigenvalue weighted by atomic mass is 10.1. The predicted octanol–water partition coefficient (Wildman–Crippen LogP) is 2.26. The summed E-state index contributed by atoms with van der Waals surface area (Å²) in [7, 11) is -3.66. The van der Waals surface area contributed by atoms with Gasteiger partial charge in [0.05, 0.1) is 28.2 Å². The van der Waals surface area contributed by atoms with E-state index in [1.165, 1.54) is 22.5 Å². The fraction of sp³-hybridized carbons (Fsp3) is 0.538. The number of aliphatic hydroxyl groups is 1. The lowest BCUT2D eigenvalue weighted by molar-refractivity contribution is -0.131. The van der Waals surface area contributed by atoms with Gasteiger partial charge in [-0.3, -0.25) is 0 Å². The van der Waals surface area contributed by atoms with Crippen molar-refractivity contribution in [2.75, 3.05) is 19.7 Å². The van der Waals surface area contributed by atoms with Gasteiger partial charge in [0, 0.05) is 17.6 Å². The normalized spacial score (nSPS) is 23.2. The second-order valence-electron chi connectivity index (χ2n) is 5.56. The number of morpholine rings is 1. The summed E-state index contributed by atoms with van der Waals surface area (Å²) in [6, 6.07) is 4.49. The Bertz CT molecular complexity index is 635. The molecule has 1 fully saturated rings. The fourth-order valence-corrected chi connectivity index (χ4v) is 4.60. The van der Waals surface area contributed by atoms with Crippen molar-refractivity contribution in [3.8, 4) is 0 Å². The molecule has 1 heterocycles. The molecule has 0 radical (unpaired) electrons. The van der Waals surface area contributed by atoms with Crippen LogP contribution in [0.3, 0.4) is 0 Å². The van der Waals surface area contributed by atoms with E-state index in [1.807, 2.05) is 0 Å². The van der Waals surface area contributed by atoms with E-state index in [4.69, 9.17) is 16.3 Å². The van der Waals surface area contributed by atoms with Crippen LogP contribution in [0.15, 0.2) is 27.6 Å². The van der Waals surface area contributed by atoms with E-state index in [9.17, 15) is 13.5 Å². The lowest BCUT2D eigenvalue weighted by Gasteiger charge is -2.41. The molecule has 0 amide bonds. The van der Waals surface area contributed by atoms with Crippen molar-refractivity contribution < 1.29 is 18.3 Å². The minimum absolute atomic E-state index is 0.127. The van der Waals surface area contributed by atoms with Crippen molar-refractivity contribution in [2.45, 2.75) is 30.4 Å². The van der Waals surface area contributed by atoms with Crippen LogP contribution in [0.5, 0.6) is 0 Å². The molecule has 0 bridgehead atoms. The molecule has 0 spiro atoms. The number of hydrogen-bond donors (Lipinski definition) is 1. The maximum absolute atomic E-state index is 12.7. The first kappa shape index (κ1) is 17.2. The maximum Gasteiger partial charge on any atom is 0.243 e. The summed E-state index contributed by atoms with van der Waals surface area (Å²) in [4.78, 5) is 0.160. The Labute approximate surface area is 138 Å². The molecule has 1 aromatic carbocycles. The SMILES string of the molecule is CC1(C)CN(S(=O)(=O)c2ccc(Cl)c(Br)c2)CC(CO)O1. The van der Waals surface area contributed by atoms with Crippen molar-refractivity contribution in [3.05, 3.63) is 27.7 Å². The van der Waals surface area contributed by atoms with Gasteiger partial charge in [0.25, 0.3) is 0 Å². The largest absolute Gasteiger partial charge is 0.394 e. The Morgan fingerprint density at radius 1 is 1.52 bits per heavy atom. The van der Waals surface area contributed by atoms with E-state index in [0.29, 0.717) is 9.50 Å². The monoisotopic (exact) mass is 397 g/mol. The molecule has 5 nitrogen and oxygen atoms in total. The molecule has 1 N–H and O–H groups in total. The Morgan fingerprint density at radius 3 is 2.76 bits per heavy atom. The summed E-state index contributed by atoms with van der Waals surface area (Å²) >= 11 is 9.13. The molecule has 2 rings (SSSR count). The molecule has 1 aliphatic heterocycles. The van der Waals surface area contributed by atoms with Gasteiger partial charge in [-0.15, -0.1) is 0 Å². The van der Waals surface area contributed by atoms with Crippen molar-refractivity contribution in [1.82, 2.24) is 4.31 Å². The highest BCUT2D eigenvalue weighted by atomic mass is 79.9. The molecule has 1 saturated heterocycles. The molecule has 0 saturated carbocycles. The average molecular weight is 399 g/mol. The van der Waals surface area contributed by atoms with Crippen molar-refractivity contribution in [2.24, 2.45) is 0 Å². The van der Waals surface area contributed by atoms with Crippen LogP contribution in [-0.2, 0) is 14.8 Å². The van der Waals surface area contributed by atoms with Crippen LogP contribution >= 0.6 is 27.5 Å². The highest BCUT2D eigenvalue weighted by Crippen LogP contribution is 2.30. The van der Waals surface area contributed by atoms with Gasteiger partial charge >= 0.3 is 0 Å². The minimum Gasteiger partial charge on any atom is -0.394 e. The molecular weight excluding hydrogens is 382 g/mol. The first-order valence-electron chi connectivity index (χ1n) is 6.39. The van der Waals surface area contributed by atoms with Crippen molar-refractivity contribution >= 4 is 37.6 Å².